The number of fused-ring (bicyclic) bond motifs is 6. The molecule has 8 rings (SSSR count). The number of nitrogens with zero attached hydrogens (tertiary/aromatic N) is 1. The van der Waals surface area contributed by atoms with Crippen LogP contribution in [0.4, 0.5) is 0 Å². The van der Waals surface area contributed by atoms with E-state index in [1.54, 1.807) is 0 Å². The van der Waals surface area contributed by atoms with Gasteiger partial charge in [0.15, 0.2) is 12.3 Å². The van der Waals surface area contributed by atoms with Gasteiger partial charge in [-0.05, 0) is 35.3 Å². The van der Waals surface area contributed by atoms with Crippen LogP contribution in [-0.2, 0) is 0 Å². The Hall–Kier alpha value is -4.63. The van der Waals surface area contributed by atoms with Gasteiger partial charge in [-0.1, -0.05) is 97.1 Å². The van der Waals surface area contributed by atoms with Crippen molar-refractivity contribution in [3.63, 3.8) is 0 Å². The zero-order valence-electron chi connectivity index (χ0n) is 21.2. The minimum absolute atomic E-state index is 0.00491. The van der Waals surface area contributed by atoms with E-state index in [0.717, 1.165) is 23.3 Å². The number of hydrogen-bond acceptors (Lipinski definition) is 2. The SMILES string of the molecule is Cc1cccc2c1oc1c(C3C=C(c4ccccc4)C=[NH+]3)c([C@H]3c4ccccc4C4=CC=CCN43)ccc12. The van der Waals surface area contributed by atoms with E-state index in [1.165, 1.54) is 49.9 Å². The Balaban J connectivity index is 1.40. The molecule has 0 saturated heterocycles. The number of furan rings is 1. The zero-order valence-corrected chi connectivity index (χ0v) is 21.2. The van der Waals surface area contributed by atoms with Gasteiger partial charge in [0.25, 0.3) is 0 Å². The lowest BCUT2D eigenvalue weighted by atomic mass is 9.89. The number of rotatable bonds is 3. The van der Waals surface area contributed by atoms with Crippen LogP contribution in [0.2, 0.25) is 0 Å². The van der Waals surface area contributed by atoms with Gasteiger partial charge in [0.1, 0.15) is 11.2 Å². The molecule has 5 aromatic rings. The summed E-state index contributed by atoms with van der Waals surface area (Å²) in [5.41, 5.74) is 12.0. The third kappa shape index (κ3) is 3.05. The number of para-hydroxylation sites is 1. The summed E-state index contributed by atoms with van der Waals surface area (Å²) >= 11 is 0. The van der Waals surface area contributed by atoms with Crippen LogP contribution in [0.5, 0.6) is 0 Å². The van der Waals surface area contributed by atoms with Gasteiger partial charge in [0, 0.05) is 40.2 Å². The highest BCUT2D eigenvalue weighted by Gasteiger charge is 2.39. The molecule has 0 amide bonds. The van der Waals surface area contributed by atoms with Crippen molar-refractivity contribution in [3.05, 3.63) is 143 Å². The van der Waals surface area contributed by atoms with Crippen molar-refractivity contribution in [2.75, 3.05) is 6.54 Å². The quantitative estimate of drug-likeness (QED) is 0.312. The summed E-state index contributed by atoms with van der Waals surface area (Å²) in [6.45, 7) is 3.02. The van der Waals surface area contributed by atoms with E-state index >= 15 is 0 Å². The lowest BCUT2D eigenvalue weighted by Gasteiger charge is -2.30. The number of benzene rings is 4. The van der Waals surface area contributed by atoms with Crippen LogP contribution in [0.1, 0.15) is 45.5 Å². The first-order valence-electron chi connectivity index (χ1n) is 13.3. The second-order valence-corrected chi connectivity index (χ2v) is 10.4. The molecule has 0 saturated carbocycles. The molecule has 0 fully saturated rings. The van der Waals surface area contributed by atoms with Gasteiger partial charge in [-0.25, -0.2) is 4.99 Å². The van der Waals surface area contributed by atoms with Crippen LogP contribution >= 0.6 is 0 Å². The summed E-state index contributed by atoms with van der Waals surface area (Å²) < 4.78 is 6.76. The first-order valence-corrected chi connectivity index (χ1v) is 13.3. The van der Waals surface area contributed by atoms with Crippen LogP contribution in [0, 0.1) is 6.92 Å². The minimum Gasteiger partial charge on any atom is -0.455 e. The van der Waals surface area contributed by atoms with E-state index in [-0.39, 0.29) is 12.1 Å². The smallest absolute Gasteiger partial charge is 0.199 e. The first kappa shape index (κ1) is 21.5. The fourth-order valence-corrected chi connectivity index (χ4v) is 6.52. The topological polar surface area (TPSA) is 30.4 Å². The van der Waals surface area contributed by atoms with Gasteiger partial charge in [-0.2, -0.15) is 0 Å². The summed E-state index contributed by atoms with van der Waals surface area (Å²) in [5, 5.41) is 2.35. The van der Waals surface area contributed by atoms with Crippen LogP contribution in [0.25, 0.3) is 33.2 Å². The molecule has 0 bridgehead atoms. The lowest BCUT2D eigenvalue weighted by Crippen LogP contribution is -2.68. The maximum Gasteiger partial charge on any atom is 0.199 e. The maximum atomic E-state index is 6.76. The molecule has 4 heterocycles. The molecule has 38 heavy (non-hydrogen) atoms. The Bertz CT molecular complexity index is 1870. The first-order chi connectivity index (χ1) is 18.8. The van der Waals surface area contributed by atoms with Crippen molar-refractivity contribution in [2.24, 2.45) is 0 Å². The van der Waals surface area contributed by atoms with Gasteiger partial charge < -0.3 is 9.32 Å². The fraction of sp³-hybridized carbons (Fsp3) is 0.114. The Morgan fingerprint density at radius 3 is 2.58 bits per heavy atom. The predicted octanol–water partition coefficient (Wildman–Crippen LogP) is 6.50. The number of allylic oxidation sites excluding steroid dienone is 3. The van der Waals surface area contributed by atoms with E-state index in [1.807, 2.05) is 0 Å². The zero-order chi connectivity index (χ0) is 25.2. The molecule has 0 radical (unpaired) electrons. The molecule has 3 aliphatic heterocycles. The maximum absolute atomic E-state index is 6.76. The fourth-order valence-electron chi connectivity index (χ4n) is 6.52. The normalized spacial score (nSPS) is 19.7. The third-order valence-electron chi connectivity index (χ3n) is 8.26. The van der Waals surface area contributed by atoms with E-state index < -0.39 is 0 Å². The van der Waals surface area contributed by atoms with Crippen molar-refractivity contribution >= 4 is 39.4 Å². The molecule has 3 nitrogen and oxygen atoms in total. The molecule has 1 N–H and O–H groups in total. The molecule has 0 aliphatic carbocycles. The Morgan fingerprint density at radius 2 is 1.66 bits per heavy atom. The number of aryl methyl sites for hydroxylation is 1. The van der Waals surface area contributed by atoms with Gasteiger partial charge in [-0.15, -0.1) is 0 Å². The highest BCUT2D eigenvalue weighted by Crippen LogP contribution is 2.49. The standard InChI is InChI=1S/C35H26N2O/c1-22-10-9-15-27-28-17-18-29(33-26-14-6-5-13-25(26)31-16-7-8-19-37(31)33)32(35(28)38-34(22)27)30-20-24(21-36-30)23-11-3-2-4-12-23/h2-18,20-21,30,33H,19H2,1H3/p+1/t30?,33-/m1/s1. The van der Waals surface area contributed by atoms with Crippen LogP contribution in [0.15, 0.2) is 114 Å². The van der Waals surface area contributed by atoms with Gasteiger partial charge in [-0.3, -0.25) is 0 Å². The van der Waals surface area contributed by atoms with E-state index in [9.17, 15) is 0 Å². The van der Waals surface area contributed by atoms with Gasteiger partial charge in [0.05, 0.1) is 11.6 Å². The lowest BCUT2D eigenvalue weighted by molar-refractivity contribution is -0.485. The monoisotopic (exact) mass is 491 g/mol. The Labute approximate surface area is 221 Å². The summed E-state index contributed by atoms with van der Waals surface area (Å²) in [6, 6.07) is 30.6. The molecule has 4 aromatic carbocycles. The highest BCUT2D eigenvalue weighted by atomic mass is 16.3. The summed E-state index contributed by atoms with van der Waals surface area (Å²) in [7, 11) is 0. The van der Waals surface area contributed by atoms with Crippen molar-refractivity contribution in [3.8, 4) is 0 Å². The molecule has 2 atom stereocenters. The predicted molar refractivity (Wildman–Crippen MR) is 155 cm³/mol. The Morgan fingerprint density at radius 1 is 0.816 bits per heavy atom. The van der Waals surface area contributed by atoms with Crippen molar-refractivity contribution in [1.29, 1.82) is 0 Å². The van der Waals surface area contributed by atoms with E-state index in [0.29, 0.717) is 0 Å². The van der Waals surface area contributed by atoms with E-state index in [4.69, 9.17) is 4.42 Å². The van der Waals surface area contributed by atoms with Crippen molar-refractivity contribution in [1.82, 2.24) is 4.90 Å². The molecule has 1 aromatic heterocycles. The molecular weight excluding hydrogens is 464 g/mol. The van der Waals surface area contributed by atoms with Crippen LogP contribution < -0.4 is 4.99 Å². The molecular formula is C35H27N2O+. The number of nitrogens with one attached hydrogen (secondary N) is 1. The third-order valence-corrected chi connectivity index (χ3v) is 8.26. The van der Waals surface area contributed by atoms with Gasteiger partial charge in [0.2, 0.25) is 0 Å². The van der Waals surface area contributed by atoms with Crippen molar-refractivity contribution in [2.45, 2.75) is 19.0 Å². The molecule has 3 aliphatic rings. The van der Waals surface area contributed by atoms with E-state index in [2.05, 4.69) is 132 Å². The summed E-state index contributed by atoms with van der Waals surface area (Å²) in [6.07, 6.45) is 11.2. The molecule has 0 spiro atoms. The largest absolute Gasteiger partial charge is 0.455 e. The van der Waals surface area contributed by atoms with Crippen LogP contribution in [0.3, 0.4) is 0 Å². The van der Waals surface area contributed by atoms with Gasteiger partial charge >= 0.3 is 0 Å². The van der Waals surface area contributed by atoms with Crippen LogP contribution in [-0.4, -0.2) is 17.7 Å². The number of hydrogen-bond donors (Lipinski definition) is 1. The Kier molecular flexibility index (Phi) is 4.62. The summed E-state index contributed by atoms with van der Waals surface area (Å²) in [4.78, 5) is 6.24. The highest BCUT2D eigenvalue weighted by molar-refractivity contribution is 6.10. The minimum atomic E-state index is 0.00491. The second kappa shape index (κ2) is 8.19. The molecule has 1 unspecified atom stereocenters. The average molecular weight is 492 g/mol. The summed E-state index contributed by atoms with van der Waals surface area (Å²) in [5.74, 6) is 0. The molecule has 3 heteroatoms. The second-order valence-electron chi connectivity index (χ2n) is 10.4. The molecule has 182 valence electrons. The van der Waals surface area contributed by atoms with Crippen molar-refractivity contribution < 1.29 is 9.41 Å². The average Bonchev–Trinajstić information content (AvgIpc) is 3.68.